The molecule has 17 heavy (non-hydrogen) atoms. The van der Waals surface area contributed by atoms with Crippen molar-refractivity contribution >= 4 is 11.7 Å². The quantitative estimate of drug-likeness (QED) is 0.576. The Kier molecular flexibility index (Phi) is 5.98. The van der Waals surface area contributed by atoms with Gasteiger partial charge in [0, 0.05) is 25.0 Å². The van der Waals surface area contributed by atoms with Gasteiger partial charge in [-0.2, -0.15) is 0 Å². The summed E-state index contributed by atoms with van der Waals surface area (Å²) in [5.74, 6) is -1.04. The Morgan fingerprint density at radius 2 is 2.29 bits per heavy atom. The van der Waals surface area contributed by atoms with Gasteiger partial charge in [-0.3, -0.25) is 0 Å². The lowest BCUT2D eigenvalue weighted by molar-refractivity contribution is 0.0690. The summed E-state index contributed by atoms with van der Waals surface area (Å²) in [6.07, 6.45) is 2.23. The van der Waals surface area contributed by atoms with E-state index >= 15 is 0 Å². The molecule has 0 amide bonds. The molecule has 1 aromatic rings. The van der Waals surface area contributed by atoms with Crippen molar-refractivity contribution in [2.45, 2.75) is 6.42 Å². The summed E-state index contributed by atoms with van der Waals surface area (Å²) in [4.78, 5) is 14.4. The number of aliphatic hydroxyl groups is 1. The van der Waals surface area contributed by atoms with E-state index in [1.165, 1.54) is 12.3 Å². The molecule has 6 nitrogen and oxygen atoms in total. The van der Waals surface area contributed by atoms with Crippen LogP contribution in [-0.4, -0.2) is 47.5 Å². The lowest BCUT2D eigenvalue weighted by atomic mass is 10.3. The van der Waals surface area contributed by atoms with Crippen LogP contribution in [0.2, 0.25) is 0 Å². The second-order valence-electron chi connectivity index (χ2n) is 3.35. The Bertz CT molecular complexity index is 357. The van der Waals surface area contributed by atoms with E-state index in [0.717, 1.165) is 12.1 Å². The zero-order chi connectivity index (χ0) is 12.5. The number of aliphatic hydroxyl groups excluding tert-OH is 1. The molecule has 1 rings (SSSR count). The van der Waals surface area contributed by atoms with Crippen molar-refractivity contribution in [2.24, 2.45) is 0 Å². The monoisotopic (exact) mass is 240 g/mol. The largest absolute Gasteiger partial charge is 0.477 e. The van der Waals surface area contributed by atoms with Crippen LogP contribution in [0.3, 0.4) is 0 Å². The van der Waals surface area contributed by atoms with Gasteiger partial charge in [0.2, 0.25) is 0 Å². The highest BCUT2D eigenvalue weighted by Crippen LogP contribution is 2.07. The standard InChI is InChI=1S/C11H16N2O4/c14-5-7-17-6-1-3-12-9-2-4-13-10(8-9)11(15)16/h2,4,8,14H,1,3,5-7H2,(H,12,13)(H,15,16). The zero-order valence-electron chi connectivity index (χ0n) is 9.43. The Morgan fingerprint density at radius 1 is 1.47 bits per heavy atom. The molecule has 0 aliphatic carbocycles. The predicted octanol–water partition coefficient (Wildman–Crippen LogP) is 0.591. The van der Waals surface area contributed by atoms with Crippen molar-refractivity contribution in [1.82, 2.24) is 4.98 Å². The lowest BCUT2D eigenvalue weighted by Gasteiger charge is -2.06. The molecule has 0 fully saturated rings. The first-order chi connectivity index (χ1) is 8.24. The van der Waals surface area contributed by atoms with Crippen LogP contribution >= 0.6 is 0 Å². The number of anilines is 1. The van der Waals surface area contributed by atoms with E-state index in [0.29, 0.717) is 19.8 Å². The Hall–Kier alpha value is -1.66. The maximum absolute atomic E-state index is 10.7. The first kappa shape index (κ1) is 13.4. The molecule has 1 aromatic heterocycles. The topological polar surface area (TPSA) is 91.7 Å². The molecule has 0 aliphatic rings. The molecule has 6 heteroatoms. The Morgan fingerprint density at radius 3 is 3.00 bits per heavy atom. The average Bonchev–Trinajstić information content (AvgIpc) is 2.34. The second kappa shape index (κ2) is 7.59. The van der Waals surface area contributed by atoms with Crippen molar-refractivity contribution in [2.75, 3.05) is 31.7 Å². The number of hydrogen-bond acceptors (Lipinski definition) is 5. The van der Waals surface area contributed by atoms with Crippen LogP contribution in [0.1, 0.15) is 16.9 Å². The van der Waals surface area contributed by atoms with Gasteiger partial charge in [-0.25, -0.2) is 9.78 Å². The summed E-state index contributed by atoms with van der Waals surface area (Å²) in [7, 11) is 0. The Balaban J connectivity index is 2.27. The van der Waals surface area contributed by atoms with E-state index in [2.05, 4.69) is 10.3 Å². The third kappa shape index (κ3) is 5.28. The molecule has 0 spiro atoms. The van der Waals surface area contributed by atoms with Crippen molar-refractivity contribution in [3.05, 3.63) is 24.0 Å². The fourth-order valence-electron chi connectivity index (χ4n) is 1.23. The highest BCUT2D eigenvalue weighted by molar-refractivity contribution is 5.86. The van der Waals surface area contributed by atoms with Gasteiger partial charge < -0.3 is 20.3 Å². The number of aromatic nitrogens is 1. The van der Waals surface area contributed by atoms with Crippen LogP contribution in [0.15, 0.2) is 18.3 Å². The smallest absolute Gasteiger partial charge is 0.354 e. The van der Waals surface area contributed by atoms with Gasteiger partial charge in [-0.05, 0) is 18.6 Å². The maximum atomic E-state index is 10.7. The fourth-order valence-corrected chi connectivity index (χ4v) is 1.23. The van der Waals surface area contributed by atoms with Crippen molar-refractivity contribution in [3.63, 3.8) is 0 Å². The predicted molar refractivity (Wildman–Crippen MR) is 62.2 cm³/mol. The first-order valence-electron chi connectivity index (χ1n) is 5.36. The fraction of sp³-hybridized carbons (Fsp3) is 0.455. The van der Waals surface area contributed by atoms with Crippen LogP contribution in [0.25, 0.3) is 0 Å². The van der Waals surface area contributed by atoms with E-state index < -0.39 is 5.97 Å². The highest BCUT2D eigenvalue weighted by Gasteiger charge is 2.04. The van der Waals surface area contributed by atoms with E-state index in [4.69, 9.17) is 14.9 Å². The average molecular weight is 240 g/mol. The van der Waals surface area contributed by atoms with Gasteiger partial charge in [-0.1, -0.05) is 0 Å². The molecule has 0 radical (unpaired) electrons. The summed E-state index contributed by atoms with van der Waals surface area (Å²) in [6.45, 7) is 1.61. The number of nitrogens with one attached hydrogen (secondary N) is 1. The van der Waals surface area contributed by atoms with Gasteiger partial charge in [-0.15, -0.1) is 0 Å². The van der Waals surface area contributed by atoms with Crippen LogP contribution in [0, 0.1) is 0 Å². The molecule has 94 valence electrons. The molecule has 0 saturated carbocycles. The van der Waals surface area contributed by atoms with Crippen LogP contribution in [-0.2, 0) is 4.74 Å². The van der Waals surface area contributed by atoms with Gasteiger partial charge >= 0.3 is 5.97 Å². The molecular formula is C11H16N2O4. The minimum Gasteiger partial charge on any atom is -0.477 e. The minimum atomic E-state index is -1.04. The molecule has 0 saturated heterocycles. The van der Waals surface area contributed by atoms with Crippen molar-refractivity contribution in [3.8, 4) is 0 Å². The maximum Gasteiger partial charge on any atom is 0.354 e. The van der Waals surface area contributed by atoms with Gasteiger partial charge in [0.15, 0.2) is 0 Å². The summed E-state index contributed by atoms with van der Waals surface area (Å²) in [5.41, 5.74) is 0.742. The molecule has 0 aliphatic heterocycles. The summed E-state index contributed by atoms with van der Waals surface area (Å²) < 4.78 is 5.09. The molecule has 3 N–H and O–H groups in total. The van der Waals surface area contributed by atoms with Crippen LogP contribution in [0.4, 0.5) is 5.69 Å². The SMILES string of the molecule is O=C(O)c1cc(NCCCOCCO)ccn1. The van der Waals surface area contributed by atoms with E-state index in [9.17, 15) is 4.79 Å². The third-order valence-electron chi connectivity index (χ3n) is 2.01. The van der Waals surface area contributed by atoms with E-state index in [1.54, 1.807) is 6.07 Å². The second-order valence-corrected chi connectivity index (χ2v) is 3.35. The molecule has 0 aromatic carbocycles. The van der Waals surface area contributed by atoms with Crippen LogP contribution in [0.5, 0.6) is 0 Å². The summed E-state index contributed by atoms with van der Waals surface area (Å²) >= 11 is 0. The van der Waals surface area contributed by atoms with Crippen LogP contribution < -0.4 is 5.32 Å². The number of carboxylic acid groups (broad SMARTS) is 1. The van der Waals surface area contributed by atoms with E-state index in [-0.39, 0.29) is 12.3 Å². The number of rotatable bonds is 8. The molecule has 1 heterocycles. The number of carboxylic acids is 1. The first-order valence-corrected chi connectivity index (χ1v) is 5.36. The van der Waals surface area contributed by atoms with Gasteiger partial charge in [0.05, 0.1) is 13.2 Å². The molecule has 0 atom stereocenters. The highest BCUT2D eigenvalue weighted by atomic mass is 16.5. The number of carbonyl (C=O) groups is 1. The molecule has 0 bridgehead atoms. The third-order valence-corrected chi connectivity index (χ3v) is 2.01. The zero-order valence-corrected chi connectivity index (χ0v) is 9.43. The number of nitrogens with zero attached hydrogens (tertiary/aromatic N) is 1. The summed E-state index contributed by atoms with van der Waals surface area (Å²) in [5, 5.41) is 20.3. The number of pyridine rings is 1. The lowest BCUT2D eigenvalue weighted by Crippen LogP contribution is -2.08. The van der Waals surface area contributed by atoms with Crippen molar-refractivity contribution in [1.29, 1.82) is 0 Å². The number of hydrogen-bond donors (Lipinski definition) is 3. The number of aromatic carboxylic acids is 1. The Labute approximate surface area is 99.3 Å². The number of ether oxygens (including phenoxy) is 1. The van der Waals surface area contributed by atoms with Crippen molar-refractivity contribution < 1.29 is 19.7 Å². The van der Waals surface area contributed by atoms with Gasteiger partial charge in [0.1, 0.15) is 5.69 Å². The van der Waals surface area contributed by atoms with E-state index in [1.807, 2.05) is 0 Å². The van der Waals surface area contributed by atoms with Gasteiger partial charge in [0.25, 0.3) is 0 Å². The molecular weight excluding hydrogens is 224 g/mol. The normalized spacial score (nSPS) is 10.2. The molecule has 0 unspecified atom stereocenters. The minimum absolute atomic E-state index is 0.0199. The summed E-state index contributed by atoms with van der Waals surface area (Å²) in [6, 6.07) is 3.19.